The molecule has 0 heterocycles. The first-order valence-corrected chi connectivity index (χ1v) is 15.3. The molecule has 2 aliphatic rings. The van der Waals surface area contributed by atoms with Gasteiger partial charge in [0, 0.05) is 17.3 Å². The molecule has 0 nitrogen and oxygen atoms in total. The first-order valence-electron chi connectivity index (χ1n) is 15.3. The molecule has 0 fully saturated rings. The smallest absolute Gasteiger partial charge is 0.0415 e. The summed E-state index contributed by atoms with van der Waals surface area (Å²) in [6.45, 7) is 4.46. The van der Waals surface area contributed by atoms with E-state index in [4.69, 9.17) is 0 Å². The topological polar surface area (TPSA) is 0 Å². The van der Waals surface area contributed by atoms with E-state index in [1.54, 1.807) is 0 Å². The van der Waals surface area contributed by atoms with Crippen LogP contribution in [0.2, 0.25) is 0 Å². The molecule has 6 aromatic carbocycles. The summed E-state index contributed by atoms with van der Waals surface area (Å²) < 4.78 is 0. The molecule has 2 aliphatic carbocycles. The minimum atomic E-state index is -0.388. The number of allylic oxidation sites excluding steroid dienone is 1. The van der Waals surface area contributed by atoms with Crippen LogP contribution in [0, 0.1) is 13.8 Å². The molecule has 0 aromatic heterocycles. The normalized spacial score (nSPS) is 15.3. The van der Waals surface area contributed by atoms with Gasteiger partial charge in [-0.3, -0.25) is 0 Å². The molecule has 1 atom stereocenters. The monoisotopic (exact) mass is 550 g/mol. The number of benzene rings is 6. The standard InChI is InChI=1S/C43H34/c1-29-18-23-36-37-24-19-30(2)27-40(37)42(39(36)26-29)43(34-14-8-4-9-15-34,35-16-10-5-11-17-35)41-25-22-32-20-21-33(28-38(32)41)31-12-6-3-7-13-31/h3-28,41-42H,1-2H3. The molecule has 0 spiro atoms. The zero-order valence-corrected chi connectivity index (χ0v) is 24.7. The quantitative estimate of drug-likeness (QED) is 0.200. The Morgan fingerprint density at radius 3 is 1.56 bits per heavy atom. The highest BCUT2D eigenvalue weighted by Gasteiger charge is 2.53. The fourth-order valence-corrected chi connectivity index (χ4v) is 7.96. The van der Waals surface area contributed by atoms with Crippen molar-refractivity contribution in [3.05, 3.63) is 196 Å². The summed E-state index contributed by atoms with van der Waals surface area (Å²) >= 11 is 0. The summed E-state index contributed by atoms with van der Waals surface area (Å²) in [6.07, 6.45) is 4.85. The number of hydrogen-bond donors (Lipinski definition) is 0. The lowest BCUT2D eigenvalue weighted by molar-refractivity contribution is 0.416. The van der Waals surface area contributed by atoms with Crippen LogP contribution < -0.4 is 0 Å². The average Bonchev–Trinajstić information content (AvgIpc) is 3.62. The van der Waals surface area contributed by atoms with Crippen molar-refractivity contribution in [1.82, 2.24) is 0 Å². The number of rotatable bonds is 5. The summed E-state index contributed by atoms with van der Waals surface area (Å²) in [6, 6.07) is 54.6. The van der Waals surface area contributed by atoms with Gasteiger partial charge in [0.2, 0.25) is 0 Å². The van der Waals surface area contributed by atoms with E-state index < -0.39 is 0 Å². The van der Waals surface area contributed by atoms with Gasteiger partial charge in [-0.05, 0) is 75.5 Å². The van der Waals surface area contributed by atoms with Crippen molar-refractivity contribution in [2.24, 2.45) is 0 Å². The van der Waals surface area contributed by atoms with Crippen LogP contribution in [0.5, 0.6) is 0 Å². The Hall–Kier alpha value is -4.94. The maximum absolute atomic E-state index is 2.49. The SMILES string of the molecule is Cc1ccc2c(c1)C(C(c1ccccc1)(c1ccccc1)C1C=Cc3ccc(-c4ccccc4)cc31)c1cc(C)ccc1-2. The molecular weight excluding hydrogens is 516 g/mol. The van der Waals surface area contributed by atoms with Crippen molar-refractivity contribution in [2.75, 3.05) is 0 Å². The van der Waals surface area contributed by atoms with E-state index in [2.05, 4.69) is 172 Å². The molecule has 0 aliphatic heterocycles. The van der Waals surface area contributed by atoms with Gasteiger partial charge in [0.05, 0.1) is 0 Å². The Balaban J connectivity index is 1.49. The predicted molar refractivity (Wildman–Crippen MR) is 181 cm³/mol. The lowest BCUT2D eigenvalue weighted by atomic mass is 9.55. The van der Waals surface area contributed by atoms with E-state index in [1.807, 2.05) is 0 Å². The Morgan fingerprint density at radius 2 is 1.00 bits per heavy atom. The first-order chi connectivity index (χ1) is 21.1. The van der Waals surface area contributed by atoms with Crippen molar-refractivity contribution < 1.29 is 0 Å². The first kappa shape index (κ1) is 25.7. The molecule has 0 radical (unpaired) electrons. The second-order valence-electron chi connectivity index (χ2n) is 12.3. The summed E-state index contributed by atoms with van der Waals surface area (Å²) in [7, 11) is 0. The van der Waals surface area contributed by atoms with Crippen molar-refractivity contribution >= 4 is 6.08 Å². The van der Waals surface area contributed by atoms with E-state index >= 15 is 0 Å². The molecule has 43 heavy (non-hydrogen) atoms. The van der Waals surface area contributed by atoms with E-state index in [0.717, 1.165) is 0 Å². The van der Waals surface area contributed by atoms with Gasteiger partial charge >= 0.3 is 0 Å². The minimum Gasteiger partial charge on any atom is -0.0751 e. The van der Waals surface area contributed by atoms with Gasteiger partial charge in [-0.25, -0.2) is 0 Å². The Morgan fingerprint density at radius 1 is 0.465 bits per heavy atom. The van der Waals surface area contributed by atoms with Crippen LogP contribution in [0.1, 0.15) is 56.3 Å². The van der Waals surface area contributed by atoms with Gasteiger partial charge in [-0.1, -0.05) is 163 Å². The number of fused-ring (bicyclic) bond motifs is 4. The molecule has 0 heteroatoms. The second kappa shape index (κ2) is 10.1. The summed E-state index contributed by atoms with van der Waals surface area (Å²) in [5, 5.41) is 0. The van der Waals surface area contributed by atoms with Crippen LogP contribution in [0.4, 0.5) is 0 Å². The predicted octanol–water partition coefficient (Wildman–Crippen LogP) is 10.9. The fraction of sp³-hybridized carbons (Fsp3) is 0.116. The third-order valence-electron chi connectivity index (χ3n) is 9.77. The fourth-order valence-electron chi connectivity index (χ4n) is 7.96. The van der Waals surface area contributed by atoms with Crippen molar-refractivity contribution in [3.63, 3.8) is 0 Å². The van der Waals surface area contributed by atoms with Gasteiger partial charge in [0.1, 0.15) is 0 Å². The lowest BCUT2D eigenvalue weighted by Crippen LogP contribution is -2.40. The van der Waals surface area contributed by atoms with Gasteiger partial charge in [0.25, 0.3) is 0 Å². The maximum Gasteiger partial charge on any atom is 0.0415 e. The van der Waals surface area contributed by atoms with Crippen LogP contribution in [0.25, 0.3) is 28.3 Å². The van der Waals surface area contributed by atoms with E-state index in [9.17, 15) is 0 Å². The minimum absolute atomic E-state index is 0.126. The third kappa shape index (κ3) is 3.97. The summed E-state index contributed by atoms with van der Waals surface area (Å²) in [5.74, 6) is 0.254. The van der Waals surface area contributed by atoms with Gasteiger partial charge in [-0.15, -0.1) is 0 Å². The Bertz CT molecular complexity index is 1890. The average molecular weight is 551 g/mol. The molecule has 0 bridgehead atoms. The van der Waals surface area contributed by atoms with Crippen LogP contribution in [-0.4, -0.2) is 0 Å². The molecule has 0 saturated heterocycles. The molecule has 206 valence electrons. The third-order valence-corrected chi connectivity index (χ3v) is 9.77. The van der Waals surface area contributed by atoms with Crippen LogP contribution in [0.3, 0.4) is 0 Å². The zero-order chi connectivity index (χ0) is 29.0. The van der Waals surface area contributed by atoms with Crippen LogP contribution >= 0.6 is 0 Å². The van der Waals surface area contributed by atoms with Crippen LogP contribution in [-0.2, 0) is 5.41 Å². The Kier molecular flexibility index (Phi) is 6.05. The van der Waals surface area contributed by atoms with E-state index in [1.165, 1.54) is 66.8 Å². The van der Waals surface area contributed by atoms with Gasteiger partial charge in [-0.2, -0.15) is 0 Å². The van der Waals surface area contributed by atoms with E-state index in [0.29, 0.717) is 0 Å². The van der Waals surface area contributed by atoms with Gasteiger partial charge < -0.3 is 0 Å². The zero-order valence-electron chi connectivity index (χ0n) is 24.7. The molecule has 1 unspecified atom stereocenters. The molecule has 0 N–H and O–H groups in total. The molecule has 8 rings (SSSR count). The van der Waals surface area contributed by atoms with Crippen molar-refractivity contribution in [3.8, 4) is 22.3 Å². The molecule has 0 amide bonds. The Labute approximate surface area is 255 Å². The number of hydrogen-bond acceptors (Lipinski definition) is 0. The highest BCUT2D eigenvalue weighted by Crippen LogP contribution is 2.63. The van der Waals surface area contributed by atoms with E-state index in [-0.39, 0.29) is 17.3 Å². The molecular formula is C43H34. The van der Waals surface area contributed by atoms with Crippen molar-refractivity contribution in [2.45, 2.75) is 31.1 Å². The second-order valence-corrected chi connectivity index (χ2v) is 12.3. The molecule has 0 saturated carbocycles. The summed E-state index contributed by atoms with van der Waals surface area (Å²) in [4.78, 5) is 0. The lowest BCUT2D eigenvalue weighted by Gasteiger charge is -2.46. The van der Waals surface area contributed by atoms with Crippen molar-refractivity contribution in [1.29, 1.82) is 0 Å². The highest BCUT2D eigenvalue weighted by molar-refractivity contribution is 5.83. The molecule has 6 aromatic rings. The highest BCUT2D eigenvalue weighted by atomic mass is 14.5. The number of aryl methyl sites for hydroxylation is 2. The maximum atomic E-state index is 2.49. The summed E-state index contributed by atoms with van der Waals surface area (Å²) in [5.41, 5.74) is 15.7. The van der Waals surface area contributed by atoms with Crippen LogP contribution in [0.15, 0.2) is 152 Å². The van der Waals surface area contributed by atoms with Gasteiger partial charge in [0.15, 0.2) is 0 Å². The largest absolute Gasteiger partial charge is 0.0751 e.